The maximum absolute atomic E-state index is 13.9. The molecule has 1 amide bonds. The minimum atomic E-state index is -0.408. The number of nitrogens with zero attached hydrogens (tertiary/aromatic N) is 3. The summed E-state index contributed by atoms with van der Waals surface area (Å²) in [5.41, 5.74) is 6.25. The van der Waals surface area contributed by atoms with Crippen LogP contribution in [0.1, 0.15) is 36.2 Å². The summed E-state index contributed by atoms with van der Waals surface area (Å²) in [7, 11) is 0. The number of rotatable bonds is 6. The van der Waals surface area contributed by atoms with E-state index in [9.17, 15) is 9.18 Å². The first-order chi connectivity index (χ1) is 11.1. The van der Waals surface area contributed by atoms with Crippen molar-refractivity contribution in [3.05, 3.63) is 41.7 Å². The maximum atomic E-state index is 13.9. The van der Waals surface area contributed by atoms with Gasteiger partial charge in [0.2, 0.25) is 5.82 Å². The lowest BCUT2D eigenvalue weighted by Gasteiger charge is -2.09. The molecule has 1 saturated carbocycles. The molecule has 3 rings (SSSR count). The number of amides is 1. The Morgan fingerprint density at radius 3 is 2.87 bits per heavy atom. The van der Waals surface area contributed by atoms with Crippen LogP contribution in [-0.4, -0.2) is 33.3 Å². The van der Waals surface area contributed by atoms with Gasteiger partial charge in [-0.2, -0.15) is 0 Å². The van der Waals surface area contributed by atoms with Crippen molar-refractivity contribution in [2.75, 3.05) is 6.54 Å². The number of halogens is 1. The van der Waals surface area contributed by atoms with E-state index in [2.05, 4.69) is 15.4 Å². The molecular weight excluding hydrogens is 297 g/mol. The molecule has 1 aliphatic carbocycles. The SMILES string of the molecule is CCc1nc(C(=O)NCC(N)C2CC2)nn1-c1ccccc1F. The van der Waals surface area contributed by atoms with Crippen LogP contribution in [0.15, 0.2) is 24.3 Å². The quantitative estimate of drug-likeness (QED) is 0.844. The number of carbonyl (C=O) groups is 1. The fraction of sp³-hybridized carbons (Fsp3) is 0.438. The summed E-state index contributed by atoms with van der Waals surface area (Å²) in [6, 6.07) is 6.25. The zero-order valence-electron chi connectivity index (χ0n) is 13.0. The molecule has 7 heteroatoms. The van der Waals surface area contributed by atoms with E-state index >= 15 is 0 Å². The monoisotopic (exact) mass is 317 g/mol. The van der Waals surface area contributed by atoms with Crippen LogP contribution < -0.4 is 11.1 Å². The number of benzene rings is 1. The molecule has 0 bridgehead atoms. The van der Waals surface area contributed by atoms with Gasteiger partial charge < -0.3 is 11.1 Å². The Kier molecular flexibility index (Phi) is 4.38. The molecule has 0 spiro atoms. The molecule has 1 fully saturated rings. The highest BCUT2D eigenvalue weighted by atomic mass is 19.1. The van der Waals surface area contributed by atoms with Gasteiger partial charge in [0.1, 0.15) is 17.3 Å². The zero-order valence-corrected chi connectivity index (χ0v) is 13.0. The Morgan fingerprint density at radius 1 is 1.48 bits per heavy atom. The van der Waals surface area contributed by atoms with E-state index in [0.29, 0.717) is 24.7 Å². The molecule has 6 nitrogen and oxygen atoms in total. The molecule has 0 aliphatic heterocycles. The summed E-state index contributed by atoms with van der Waals surface area (Å²) in [4.78, 5) is 16.4. The number of hydrogen-bond acceptors (Lipinski definition) is 4. The molecule has 1 aliphatic rings. The molecule has 1 heterocycles. The topological polar surface area (TPSA) is 85.8 Å². The number of nitrogens with two attached hydrogens (primary N) is 1. The van der Waals surface area contributed by atoms with Crippen molar-refractivity contribution >= 4 is 5.91 Å². The molecular formula is C16H20FN5O. The zero-order chi connectivity index (χ0) is 16.4. The van der Waals surface area contributed by atoms with Crippen LogP contribution in [-0.2, 0) is 6.42 Å². The minimum absolute atomic E-state index is 0.0294. The van der Waals surface area contributed by atoms with Gasteiger partial charge in [-0.15, -0.1) is 5.10 Å². The molecule has 122 valence electrons. The van der Waals surface area contributed by atoms with Gasteiger partial charge in [-0.1, -0.05) is 19.1 Å². The van der Waals surface area contributed by atoms with E-state index in [1.165, 1.54) is 10.7 Å². The third-order valence-electron chi connectivity index (χ3n) is 4.00. The number of hydrogen-bond donors (Lipinski definition) is 2. The third kappa shape index (κ3) is 3.39. The Balaban J connectivity index is 1.78. The lowest BCUT2D eigenvalue weighted by atomic mass is 10.2. The van der Waals surface area contributed by atoms with Crippen LogP contribution in [0.4, 0.5) is 4.39 Å². The molecule has 1 atom stereocenters. The van der Waals surface area contributed by atoms with Crippen molar-refractivity contribution in [2.45, 2.75) is 32.2 Å². The van der Waals surface area contributed by atoms with Crippen molar-refractivity contribution in [3.63, 3.8) is 0 Å². The lowest BCUT2D eigenvalue weighted by Crippen LogP contribution is -2.39. The molecule has 1 aromatic heterocycles. The van der Waals surface area contributed by atoms with Gasteiger partial charge in [0.25, 0.3) is 5.91 Å². The van der Waals surface area contributed by atoms with Gasteiger partial charge in [0.05, 0.1) is 0 Å². The molecule has 3 N–H and O–H groups in total. The largest absolute Gasteiger partial charge is 0.348 e. The summed E-state index contributed by atoms with van der Waals surface area (Å²) in [5.74, 6) is 0.283. The molecule has 1 unspecified atom stereocenters. The Bertz CT molecular complexity index is 710. The second-order valence-electron chi connectivity index (χ2n) is 5.78. The Hall–Kier alpha value is -2.28. The van der Waals surface area contributed by atoms with Crippen LogP contribution in [0.2, 0.25) is 0 Å². The predicted molar refractivity (Wildman–Crippen MR) is 83.7 cm³/mol. The third-order valence-corrected chi connectivity index (χ3v) is 4.00. The van der Waals surface area contributed by atoms with Crippen molar-refractivity contribution in [2.24, 2.45) is 11.7 Å². The van der Waals surface area contributed by atoms with Gasteiger partial charge >= 0.3 is 0 Å². The van der Waals surface area contributed by atoms with Crippen molar-refractivity contribution in [3.8, 4) is 5.69 Å². The second kappa shape index (κ2) is 6.45. The molecule has 2 aromatic rings. The van der Waals surface area contributed by atoms with E-state index in [1.54, 1.807) is 18.2 Å². The van der Waals surface area contributed by atoms with Gasteiger partial charge in [0, 0.05) is 19.0 Å². The molecule has 23 heavy (non-hydrogen) atoms. The summed E-state index contributed by atoms with van der Waals surface area (Å²) < 4.78 is 15.3. The van der Waals surface area contributed by atoms with Crippen molar-refractivity contribution in [1.82, 2.24) is 20.1 Å². The highest BCUT2D eigenvalue weighted by Gasteiger charge is 2.29. The van der Waals surface area contributed by atoms with Crippen molar-refractivity contribution < 1.29 is 9.18 Å². The van der Waals surface area contributed by atoms with E-state index in [0.717, 1.165) is 12.8 Å². The number of carbonyl (C=O) groups excluding carboxylic acids is 1. The normalized spacial score (nSPS) is 15.4. The van der Waals surface area contributed by atoms with E-state index in [4.69, 9.17) is 5.73 Å². The van der Waals surface area contributed by atoms with Crippen LogP contribution >= 0.6 is 0 Å². The van der Waals surface area contributed by atoms with E-state index in [-0.39, 0.29) is 23.5 Å². The number of aromatic nitrogens is 3. The van der Waals surface area contributed by atoms with Crippen LogP contribution in [0.3, 0.4) is 0 Å². The lowest BCUT2D eigenvalue weighted by molar-refractivity contribution is 0.0940. The summed E-state index contributed by atoms with van der Waals surface area (Å²) in [6.45, 7) is 2.28. The fourth-order valence-electron chi connectivity index (χ4n) is 2.47. The fourth-order valence-corrected chi connectivity index (χ4v) is 2.47. The molecule has 0 radical (unpaired) electrons. The number of para-hydroxylation sites is 1. The van der Waals surface area contributed by atoms with Crippen LogP contribution in [0, 0.1) is 11.7 Å². The van der Waals surface area contributed by atoms with E-state index < -0.39 is 5.82 Å². The first kappa shape index (κ1) is 15.6. The average Bonchev–Trinajstić information content (AvgIpc) is 3.32. The van der Waals surface area contributed by atoms with Crippen LogP contribution in [0.25, 0.3) is 5.69 Å². The summed E-state index contributed by atoms with van der Waals surface area (Å²) in [6.07, 6.45) is 2.78. The molecule has 0 saturated heterocycles. The van der Waals surface area contributed by atoms with Crippen molar-refractivity contribution in [1.29, 1.82) is 0 Å². The highest BCUT2D eigenvalue weighted by Crippen LogP contribution is 2.31. The standard InChI is InChI=1S/C16H20FN5O/c1-2-14-20-15(16(23)19-9-12(18)10-7-8-10)21-22(14)13-6-4-3-5-11(13)17/h3-6,10,12H,2,7-9,18H2,1H3,(H,19,23). The molecule has 1 aromatic carbocycles. The van der Waals surface area contributed by atoms with E-state index in [1.807, 2.05) is 6.92 Å². The smallest absolute Gasteiger partial charge is 0.291 e. The minimum Gasteiger partial charge on any atom is -0.348 e. The summed E-state index contributed by atoms with van der Waals surface area (Å²) in [5, 5.41) is 6.92. The Labute approximate surface area is 133 Å². The highest BCUT2D eigenvalue weighted by molar-refractivity contribution is 5.90. The number of aryl methyl sites for hydroxylation is 1. The second-order valence-corrected chi connectivity index (χ2v) is 5.78. The first-order valence-electron chi connectivity index (χ1n) is 7.84. The van der Waals surface area contributed by atoms with Gasteiger partial charge in [0.15, 0.2) is 0 Å². The number of nitrogens with one attached hydrogen (secondary N) is 1. The maximum Gasteiger partial charge on any atom is 0.291 e. The summed E-state index contributed by atoms with van der Waals surface area (Å²) >= 11 is 0. The van der Waals surface area contributed by atoms with Gasteiger partial charge in [-0.3, -0.25) is 4.79 Å². The van der Waals surface area contributed by atoms with Crippen LogP contribution in [0.5, 0.6) is 0 Å². The van der Waals surface area contributed by atoms with Gasteiger partial charge in [-0.05, 0) is 30.9 Å². The Morgan fingerprint density at radius 2 is 2.22 bits per heavy atom. The first-order valence-corrected chi connectivity index (χ1v) is 7.84. The predicted octanol–water partition coefficient (Wildman–Crippen LogP) is 1.44. The average molecular weight is 317 g/mol. The van der Waals surface area contributed by atoms with Gasteiger partial charge in [-0.25, -0.2) is 14.1 Å².